The third-order valence-electron chi connectivity index (χ3n) is 2.87. The predicted octanol–water partition coefficient (Wildman–Crippen LogP) is 1.31. The number of carbonyl (C=O) groups excluding carboxylic acids is 1. The molecule has 0 amide bonds. The minimum absolute atomic E-state index is 0.344. The Morgan fingerprint density at radius 1 is 1.29 bits per heavy atom. The highest BCUT2D eigenvalue weighted by atomic mass is 16.3. The molecule has 0 saturated heterocycles. The Hall–Kier alpha value is -2.20. The van der Waals surface area contributed by atoms with Gasteiger partial charge in [-0.05, 0) is 12.2 Å². The van der Waals surface area contributed by atoms with Gasteiger partial charge in [-0.1, -0.05) is 30.3 Å². The summed E-state index contributed by atoms with van der Waals surface area (Å²) in [5.74, 6) is 0.253. The molecule has 1 unspecified atom stereocenters. The standard InChI is InChI=1S/C13H10N2O2/c16-12(10-4-2-1-3-5-10)13(17)7-9-15(13)11-6-8-14-11/h1-9,17H. The van der Waals surface area contributed by atoms with E-state index < -0.39 is 5.72 Å². The highest BCUT2D eigenvalue weighted by molar-refractivity contribution is 6.10. The summed E-state index contributed by atoms with van der Waals surface area (Å²) in [4.78, 5) is 17.6. The molecule has 2 heterocycles. The van der Waals surface area contributed by atoms with Crippen molar-refractivity contribution in [3.8, 4) is 0 Å². The van der Waals surface area contributed by atoms with Crippen molar-refractivity contribution in [1.29, 1.82) is 0 Å². The number of hydrogen-bond acceptors (Lipinski definition) is 4. The molecule has 84 valence electrons. The third-order valence-corrected chi connectivity index (χ3v) is 2.87. The number of benzene rings is 1. The summed E-state index contributed by atoms with van der Waals surface area (Å²) in [6.07, 6.45) is 6.47. The molecular weight excluding hydrogens is 216 g/mol. The lowest BCUT2D eigenvalue weighted by Crippen LogP contribution is -2.59. The van der Waals surface area contributed by atoms with Crippen LogP contribution in [0.15, 0.2) is 59.9 Å². The Morgan fingerprint density at radius 3 is 2.47 bits per heavy atom. The number of nitrogens with zero attached hydrogens (tertiary/aromatic N) is 2. The van der Waals surface area contributed by atoms with Crippen molar-refractivity contribution in [1.82, 2.24) is 4.90 Å². The van der Waals surface area contributed by atoms with Crippen LogP contribution in [0, 0.1) is 0 Å². The van der Waals surface area contributed by atoms with Gasteiger partial charge in [-0.2, -0.15) is 0 Å². The van der Waals surface area contributed by atoms with Crippen LogP contribution in [0.5, 0.6) is 0 Å². The number of aliphatic hydroxyl groups is 1. The van der Waals surface area contributed by atoms with E-state index >= 15 is 0 Å². The molecule has 1 atom stereocenters. The fourth-order valence-electron chi connectivity index (χ4n) is 1.81. The summed E-state index contributed by atoms with van der Waals surface area (Å²) in [6, 6.07) is 8.73. The maximum Gasteiger partial charge on any atom is 0.229 e. The van der Waals surface area contributed by atoms with Crippen molar-refractivity contribution in [3.05, 3.63) is 60.4 Å². The minimum Gasteiger partial charge on any atom is -0.361 e. The smallest absolute Gasteiger partial charge is 0.229 e. The summed E-state index contributed by atoms with van der Waals surface area (Å²) in [6.45, 7) is 0. The first-order valence-electron chi connectivity index (χ1n) is 5.27. The van der Waals surface area contributed by atoms with Crippen LogP contribution in [0.4, 0.5) is 0 Å². The molecule has 0 aliphatic carbocycles. The maximum atomic E-state index is 12.2. The summed E-state index contributed by atoms with van der Waals surface area (Å²) in [5.41, 5.74) is -1.11. The van der Waals surface area contributed by atoms with Gasteiger partial charge in [0.05, 0.1) is 0 Å². The molecule has 17 heavy (non-hydrogen) atoms. The van der Waals surface area contributed by atoms with Gasteiger partial charge in [0, 0.05) is 18.0 Å². The van der Waals surface area contributed by atoms with E-state index in [4.69, 9.17) is 0 Å². The number of carbonyl (C=O) groups is 1. The molecule has 0 fully saturated rings. The molecule has 0 spiro atoms. The molecule has 2 aliphatic rings. The van der Waals surface area contributed by atoms with E-state index in [9.17, 15) is 9.90 Å². The number of hydrogen-bond donors (Lipinski definition) is 1. The van der Waals surface area contributed by atoms with Crippen molar-refractivity contribution in [2.24, 2.45) is 4.99 Å². The van der Waals surface area contributed by atoms with Gasteiger partial charge in [-0.15, -0.1) is 0 Å². The summed E-state index contributed by atoms with van der Waals surface area (Å²) in [5, 5.41) is 10.3. The topological polar surface area (TPSA) is 52.9 Å². The predicted molar refractivity (Wildman–Crippen MR) is 63.3 cm³/mol. The van der Waals surface area contributed by atoms with E-state index in [1.807, 2.05) is 6.07 Å². The lowest BCUT2D eigenvalue weighted by Gasteiger charge is -2.42. The number of amidine groups is 1. The Balaban J connectivity index is 1.90. The molecule has 0 aromatic heterocycles. The van der Waals surface area contributed by atoms with Crippen molar-refractivity contribution < 1.29 is 9.90 Å². The monoisotopic (exact) mass is 226 g/mol. The van der Waals surface area contributed by atoms with Crippen LogP contribution >= 0.6 is 0 Å². The zero-order valence-electron chi connectivity index (χ0n) is 8.95. The molecular formula is C13H10N2O2. The Labute approximate surface area is 98.2 Å². The molecule has 1 N–H and O–H groups in total. The molecule has 1 aromatic rings. The van der Waals surface area contributed by atoms with E-state index in [1.165, 1.54) is 11.0 Å². The van der Waals surface area contributed by atoms with Gasteiger partial charge in [-0.25, -0.2) is 4.99 Å². The number of aliphatic imine (C=N–C) groups is 1. The molecule has 0 bridgehead atoms. The van der Waals surface area contributed by atoms with Crippen LogP contribution in [-0.4, -0.2) is 27.4 Å². The average Bonchev–Trinajstić information content (AvgIpc) is 2.31. The SMILES string of the molecule is O=C(c1ccccc1)C1(O)C=CN1C1=NC=C1. The quantitative estimate of drug-likeness (QED) is 0.773. The Bertz CT molecular complexity index is 560. The van der Waals surface area contributed by atoms with Gasteiger partial charge >= 0.3 is 0 Å². The average molecular weight is 226 g/mol. The van der Waals surface area contributed by atoms with Gasteiger partial charge in [0.2, 0.25) is 11.5 Å². The summed E-state index contributed by atoms with van der Waals surface area (Å²) < 4.78 is 0. The van der Waals surface area contributed by atoms with Crippen LogP contribution < -0.4 is 0 Å². The van der Waals surface area contributed by atoms with E-state index in [1.54, 1.807) is 42.7 Å². The van der Waals surface area contributed by atoms with E-state index in [2.05, 4.69) is 4.99 Å². The Morgan fingerprint density at radius 2 is 2.00 bits per heavy atom. The summed E-state index contributed by atoms with van der Waals surface area (Å²) in [7, 11) is 0. The fourth-order valence-corrected chi connectivity index (χ4v) is 1.81. The highest BCUT2D eigenvalue weighted by Crippen LogP contribution is 2.30. The molecule has 1 aromatic carbocycles. The van der Waals surface area contributed by atoms with Gasteiger partial charge in [0.15, 0.2) is 0 Å². The zero-order valence-corrected chi connectivity index (χ0v) is 8.95. The maximum absolute atomic E-state index is 12.2. The number of Topliss-reactive ketones (excluding diaryl/α,β-unsaturated/α-hetero) is 1. The zero-order chi connectivity index (χ0) is 11.9. The van der Waals surface area contributed by atoms with Gasteiger partial charge < -0.3 is 5.11 Å². The van der Waals surface area contributed by atoms with Crippen LogP contribution in [0.1, 0.15) is 10.4 Å². The van der Waals surface area contributed by atoms with Crippen LogP contribution in [0.2, 0.25) is 0 Å². The number of ketones is 1. The van der Waals surface area contributed by atoms with Gasteiger partial charge in [0.25, 0.3) is 0 Å². The molecule has 0 saturated carbocycles. The second-order valence-corrected chi connectivity index (χ2v) is 3.91. The molecule has 0 radical (unpaired) electrons. The first-order valence-corrected chi connectivity index (χ1v) is 5.27. The second kappa shape index (κ2) is 3.40. The van der Waals surface area contributed by atoms with Crippen molar-refractivity contribution in [2.45, 2.75) is 5.72 Å². The second-order valence-electron chi connectivity index (χ2n) is 3.91. The molecule has 4 heteroatoms. The van der Waals surface area contributed by atoms with Crippen molar-refractivity contribution in [3.63, 3.8) is 0 Å². The molecule has 4 nitrogen and oxygen atoms in total. The largest absolute Gasteiger partial charge is 0.361 e. The normalized spacial score (nSPS) is 25.0. The van der Waals surface area contributed by atoms with Crippen LogP contribution in [0.25, 0.3) is 0 Å². The van der Waals surface area contributed by atoms with Crippen LogP contribution in [-0.2, 0) is 0 Å². The first-order chi connectivity index (χ1) is 8.22. The summed E-state index contributed by atoms with van der Waals surface area (Å²) >= 11 is 0. The minimum atomic E-state index is -1.59. The van der Waals surface area contributed by atoms with Crippen molar-refractivity contribution >= 4 is 11.6 Å². The van der Waals surface area contributed by atoms with E-state index in [0.29, 0.717) is 11.4 Å². The van der Waals surface area contributed by atoms with Gasteiger partial charge in [0.1, 0.15) is 5.84 Å². The number of rotatable bonds is 2. The van der Waals surface area contributed by atoms with Crippen molar-refractivity contribution in [2.75, 3.05) is 0 Å². The van der Waals surface area contributed by atoms with Crippen LogP contribution in [0.3, 0.4) is 0 Å². The lowest BCUT2D eigenvalue weighted by molar-refractivity contribution is -0.00819. The molecule has 3 rings (SSSR count). The first kappa shape index (κ1) is 9.99. The highest BCUT2D eigenvalue weighted by Gasteiger charge is 2.46. The Kier molecular flexibility index (Phi) is 2.00. The lowest BCUT2D eigenvalue weighted by atomic mass is 9.94. The van der Waals surface area contributed by atoms with E-state index in [-0.39, 0.29) is 5.78 Å². The van der Waals surface area contributed by atoms with E-state index in [0.717, 1.165) is 0 Å². The third kappa shape index (κ3) is 1.34. The van der Waals surface area contributed by atoms with Gasteiger partial charge in [-0.3, -0.25) is 9.69 Å². The molecule has 2 aliphatic heterocycles. The fraction of sp³-hybridized carbons (Fsp3) is 0.0769.